The van der Waals surface area contributed by atoms with Gasteiger partial charge in [0.1, 0.15) is 0 Å². The highest BCUT2D eigenvalue weighted by Crippen LogP contribution is 2.16. The Morgan fingerprint density at radius 1 is 1.39 bits per heavy atom. The first-order valence-corrected chi connectivity index (χ1v) is 6.58. The number of carbonyl (C=O) groups is 1. The number of aromatic nitrogens is 2. The van der Waals surface area contributed by atoms with Gasteiger partial charge in [0.05, 0.1) is 11.3 Å². The molecule has 0 fully saturated rings. The van der Waals surface area contributed by atoms with Crippen molar-refractivity contribution in [3.8, 4) is 0 Å². The van der Waals surface area contributed by atoms with Crippen molar-refractivity contribution in [2.45, 2.75) is 33.1 Å². The second kappa shape index (κ2) is 7.16. The molecular weight excluding hydrogens is 228 g/mol. The van der Waals surface area contributed by atoms with Gasteiger partial charge in [-0.3, -0.25) is 9.48 Å². The van der Waals surface area contributed by atoms with Crippen LogP contribution in [-0.2, 0) is 7.05 Å². The number of carbonyl (C=O) groups excluding carboxylic acids is 1. The minimum absolute atomic E-state index is 0.0369. The summed E-state index contributed by atoms with van der Waals surface area (Å²) in [5.41, 5.74) is 1.54. The first-order chi connectivity index (χ1) is 8.56. The summed E-state index contributed by atoms with van der Waals surface area (Å²) in [6, 6.07) is 0. The number of aryl methyl sites for hydroxylation is 1. The van der Waals surface area contributed by atoms with E-state index in [2.05, 4.69) is 22.7 Å². The van der Waals surface area contributed by atoms with Crippen LogP contribution in [0, 0.1) is 0 Å². The van der Waals surface area contributed by atoms with Gasteiger partial charge in [-0.1, -0.05) is 20.8 Å². The van der Waals surface area contributed by atoms with Crippen molar-refractivity contribution in [1.29, 1.82) is 0 Å². The molecule has 1 aromatic rings. The van der Waals surface area contributed by atoms with Crippen molar-refractivity contribution in [3.63, 3.8) is 0 Å². The van der Waals surface area contributed by atoms with E-state index < -0.39 is 0 Å². The summed E-state index contributed by atoms with van der Waals surface area (Å²) >= 11 is 0. The molecule has 18 heavy (non-hydrogen) atoms. The van der Waals surface area contributed by atoms with E-state index in [0.717, 1.165) is 25.2 Å². The van der Waals surface area contributed by atoms with E-state index in [1.807, 2.05) is 20.9 Å². The van der Waals surface area contributed by atoms with Gasteiger partial charge in [0.15, 0.2) is 0 Å². The molecule has 0 bridgehead atoms. The van der Waals surface area contributed by atoms with E-state index in [1.165, 1.54) is 0 Å². The third-order valence-electron chi connectivity index (χ3n) is 2.66. The fraction of sp³-hybridized carbons (Fsp3) is 0.692. The summed E-state index contributed by atoms with van der Waals surface area (Å²) in [6.07, 6.45) is 2.89. The zero-order valence-electron chi connectivity index (χ0n) is 11.8. The van der Waals surface area contributed by atoms with Crippen LogP contribution < -0.4 is 10.6 Å². The highest BCUT2D eigenvalue weighted by Gasteiger charge is 2.17. The average molecular weight is 252 g/mol. The standard InChI is InChI=1S/C13H24N4O/c1-5-6-14-7-8-15-13(18)11-9-17(4)16-12(11)10(2)3/h9-10,14H,5-8H2,1-4H3,(H,15,18). The normalized spacial score (nSPS) is 10.9. The van der Waals surface area contributed by atoms with Gasteiger partial charge in [0.2, 0.25) is 0 Å². The molecule has 0 aliphatic heterocycles. The van der Waals surface area contributed by atoms with Crippen molar-refractivity contribution in [2.75, 3.05) is 19.6 Å². The highest BCUT2D eigenvalue weighted by molar-refractivity contribution is 5.95. The molecular formula is C13H24N4O. The molecule has 0 spiro atoms. The maximum atomic E-state index is 12.0. The van der Waals surface area contributed by atoms with Gasteiger partial charge in [0, 0.05) is 26.3 Å². The number of nitrogens with one attached hydrogen (secondary N) is 2. The minimum Gasteiger partial charge on any atom is -0.351 e. The lowest BCUT2D eigenvalue weighted by molar-refractivity contribution is 0.0952. The maximum absolute atomic E-state index is 12.0. The van der Waals surface area contributed by atoms with Crippen LogP contribution in [0.1, 0.15) is 49.2 Å². The van der Waals surface area contributed by atoms with Crippen LogP contribution in [0.2, 0.25) is 0 Å². The molecule has 1 rings (SSSR count). The SMILES string of the molecule is CCCNCCNC(=O)c1cn(C)nc1C(C)C. The Kier molecular flexibility index (Phi) is 5.85. The molecule has 2 N–H and O–H groups in total. The van der Waals surface area contributed by atoms with Gasteiger partial charge in [-0.25, -0.2) is 0 Å². The molecule has 1 aromatic heterocycles. The maximum Gasteiger partial charge on any atom is 0.254 e. The molecule has 1 heterocycles. The third kappa shape index (κ3) is 4.14. The van der Waals surface area contributed by atoms with Gasteiger partial charge in [0.25, 0.3) is 5.91 Å². The molecule has 0 aliphatic rings. The second-order valence-corrected chi connectivity index (χ2v) is 4.76. The molecule has 0 aliphatic carbocycles. The summed E-state index contributed by atoms with van der Waals surface area (Å²) < 4.78 is 1.69. The van der Waals surface area contributed by atoms with Gasteiger partial charge < -0.3 is 10.6 Å². The molecule has 0 atom stereocenters. The fourth-order valence-corrected chi connectivity index (χ4v) is 1.77. The smallest absolute Gasteiger partial charge is 0.254 e. The van der Waals surface area contributed by atoms with E-state index in [1.54, 1.807) is 10.9 Å². The predicted molar refractivity (Wildman–Crippen MR) is 72.8 cm³/mol. The summed E-state index contributed by atoms with van der Waals surface area (Å²) in [7, 11) is 1.84. The van der Waals surface area contributed by atoms with Crippen LogP contribution in [0.4, 0.5) is 0 Å². The topological polar surface area (TPSA) is 58.9 Å². The number of nitrogens with zero attached hydrogens (tertiary/aromatic N) is 2. The quantitative estimate of drug-likeness (QED) is 0.719. The first-order valence-electron chi connectivity index (χ1n) is 6.58. The van der Waals surface area contributed by atoms with Crippen LogP contribution in [-0.4, -0.2) is 35.3 Å². The number of hydrogen-bond acceptors (Lipinski definition) is 3. The third-order valence-corrected chi connectivity index (χ3v) is 2.66. The molecule has 1 amide bonds. The summed E-state index contributed by atoms with van der Waals surface area (Å²) in [5, 5.41) is 10.5. The number of amides is 1. The van der Waals surface area contributed by atoms with Crippen LogP contribution in [0.3, 0.4) is 0 Å². The van der Waals surface area contributed by atoms with Crippen LogP contribution in [0.25, 0.3) is 0 Å². The van der Waals surface area contributed by atoms with Crippen molar-refractivity contribution in [3.05, 3.63) is 17.5 Å². The van der Waals surface area contributed by atoms with Gasteiger partial charge in [-0.05, 0) is 18.9 Å². The summed E-state index contributed by atoms with van der Waals surface area (Å²) in [5.74, 6) is 0.218. The van der Waals surface area contributed by atoms with Gasteiger partial charge in [-0.2, -0.15) is 5.10 Å². The first kappa shape index (κ1) is 14.7. The van der Waals surface area contributed by atoms with E-state index in [9.17, 15) is 4.79 Å². The molecule has 102 valence electrons. The monoisotopic (exact) mass is 252 g/mol. The van der Waals surface area contributed by atoms with Crippen LogP contribution >= 0.6 is 0 Å². The average Bonchev–Trinajstić information content (AvgIpc) is 2.71. The Balaban J connectivity index is 2.51. The van der Waals surface area contributed by atoms with Crippen molar-refractivity contribution < 1.29 is 4.79 Å². The van der Waals surface area contributed by atoms with E-state index in [-0.39, 0.29) is 11.8 Å². The Morgan fingerprint density at radius 3 is 2.72 bits per heavy atom. The highest BCUT2D eigenvalue weighted by atomic mass is 16.1. The lowest BCUT2D eigenvalue weighted by atomic mass is 10.1. The van der Waals surface area contributed by atoms with E-state index in [4.69, 9.17) is 0 Å². The van der Waals surface area contributed by atoms with Crippen molar-refractivity contribution in [2.24, 2.45) is 7.05 Å². The van der Waals surface area contributed by atoms with Gasteiger partial charge >= 0.3 is 0 Å². The number of hydrogen-bond donors (Lipinski definition) is 2. The molecule has 0 saturated heterocycles. The van der Waals surface area contributed by atoms with E-state index in [0.29, 0.717) is 12.1 Å². The summed E-state index contributed by atoms with van der Waals surface area (Å²) in [6.45, 7) is 8.64. The molecule has 0 saturated carbocycles. The molecule has 5 heteroatoms. The molecule has 0 aromatic carbocycles. The zero-order chi connectivity index (χ0) is 13.5. The molecule has 0 radical (unpaired) electrons. The Bertz CT molecular complexity index is 384. The lowest BCUT2D eigenvalue weighted by Crippen LogP contribution is -2.32. The fourth-order valence-electron chi connectivity index (χ4n) is 1.77. The van der Waals surface area contributed by atoms with Crippen LogP contribution in [0.15, 0.2) is 6.20 Å². The van der Waals surface area contributed by atoms with Crippen molar-refractivity contribution in [1.82, 2.24) is 20.4 Å². The predicted octanol–water partition coefficient (Wildman–Crippen LogP) is 1.27. The Morgan fingerprint density at radius 2 is 2.11 bits per heavy atom. The van der Waals surface area contributed by atoms with E-state index >= 15 is 0 Å². The Hall–Kier alpha value is -1.36. The zero-order valence-corrected chi connectivity index (χ0v) is 11.8. The van der Waals surface area contributed by atoms with Gasteiger partial charge in [-0.15, -0.1) is 0 Å². The second-order valence-electron chi connectivity index (χ2n) is 4.76. The van der Waals surface area contributed by atoms with Crippen molar-refractivity contribution >= 4 is 5.91 Å². The lowest BCUT2D eigenvalue weighted by Gasteiger charge is -2.07. The Labute approximate surface area is 109 Å². The molecule has 5 nitrogen and oxygen atoms in total. The van der Waals surface area contributed by atoms with Crippen LogP contribution in [0.5, 0.6) is 0 Å². The number of rotatable bonds is 7. The largest absolute Gasteiger partial charge is 0.351 e. The summed E-state index contributed by atoms with van der Waals surface area (Å²) in [4.78, 5) is 12.0. The molecule has 0 unspecified atom stereocenters. The minimum atomic E-state index is -0.0369.